The van der Waals surface area contributed by atoms with Crippen LogP contribution in [0.15, 0.2) is 42.5 Å². The number of fused-ring (bicyclic) bond motifs is 1. The first kappa shape index (κ1) is 20.5. The molecule has 150 valence electrons. The first-order chi connectivity index (χ1) is 13.9. The number of carbonyl (C=O) groups is 4. The standard InChI is InChI=1S/C21H20ClN3O4/c1-2-3-18(26)24-15-8-9-17-16(10-15)20(28)21(29)25(17)12-13-4-6-14(7-5-13)23-19(27)11-22/h4-10H,2-3,11-12H2,1H3,(H,23,27)(H,24,26). The van der Waals surface area contributed by atoms with E-state index in [2.05, 4.69) is 10.6 Å². The zero-order chi connectivity index (χ0) is 21.0. The monoisotopic (exact) mass is 413 g/mol. The van der Waals surface area contributed by atoms with Crippen LogP contribution in [0.5, 0.6) is 0 Å². The second-order valence-electron chi connectivity index (χ2n) is 6.63. The van der Waals surface area contributed by atoms with Gasteiger partial charge < -0.3 is 15.5 Å². The lowest BCUT2D eigenvalue weighted by Gasteiger charge is -2.17. The fraction of sp³-hybridized carbons (Fsp3) is 0.238. The number of nitrogens with zero attached hydrogens (tertiary/aromatic N) is 1. The number of amides is 3. The summed E-state index contributed by atoms with van der Waals surface area (Å²) >= 11 is 5.47. The van der Waals surface area contributed by atoms with E-state index in [-0.39, 0.29) is 29.8 Å². The lowest BCUT2D eigenvalue weighted by atomic mass is 10.1. The molecule has 0 aromatic heterocycles. The van der Waals surface area contributed by atoms with Gasteiger partial charge in [0.2, 0.25) is 11.8 Å². The third kappa shape index (κ3) is 4.63. The van der Waals surface area contributed by atoms with E-state index in [9.17, 15) is 19.2 Å². The minimum atomic E-state index is -0.614. The molecule has 0 saturated carbocycles. The van der Waals surface area contributed by atoms with E-state index in [4.69, 9.17) is 11.6 Å². The molecule has 0 bridgehead atoms. The number of ketones is 1. The number of rotatable bonds is 7. The van der Waals surface area contributed by atoms with Crippen LogP contribution in [-0.2, 0) is 20.9 Å². The number of hydrogen-bond acceptors (Lipinski definition) is 4. The van der Waals surface area contributed by atoms with Crippen LogP contribution in [0.3, 0.4) is 0 Å². The zero-order valence-electron chi connectivity index (χ0n) is 15.8. The third-order valence-electron chi connectivity index (χ3n) is 4.43. The summed E-state index contributed by atoms with van der Waals surface area (Å²) in [4.78, 5) is 49.4. The Hall–Kier alpha value is -3.19. The summed E-state index contributed by atoms with van der Waals surface area (Å²) in [6.45, 7) is 2.11. The Kier molecular flexibility index (Phi) is 6.29. The van der Waals surface area contributed by atoms with Crippen LogP contribution in [0.4, 0.5) is 17.1 Å². The number of benzene rings is 2. The quantitative estimate of drug-likeness (QED) is 0.537. The van der Waals surface area contributed by atoms with Crippen molar-refractivity contribution in [1.82, 2.24) is 0 Å². The number of hydrogen-bond donors (Lipinski definition) is 2. The maximum atomic E-state index is 12.5. The second kappa shape index (κ2) is 8.87. The molecule has 1 aliphatic rings. The van der Waals surface area contributed by atoms with Crippen molar-refractivity contribution in [2.24, 2.45) is 0 Å². The molecule has 0 atom stereocenters. The van der Waals surface area contributed by atoms with Crippen LogP contribution in [0, 0.1) is 0 Å². The topological polar surface area (TPSA) is 95.6 Å². The average Bonchev–Trinajstić information content (AvgIpc) is 2.94. The van der Waals surface area contributed by atoms with Crippen molar-refractivity contribution in [3.8, 4) is 0 Å². The molecule has 3 amide bonds. The Morgan fingerprint density at radius 2 is 1.62 bits per heavy atom. The minimum absolute atomic E-state index is 0.135. The van der Waals surface area contributed by atoms with Gasteiger partial charge in [-0.1, -0.05) is 19.1 Å². The number of carbonyl (C=O) groups excluding carboxylic acids is 4. The predicted octanol–water partition coefficient (Wildman–Crippen LogP) is 3.33. The van der Waals surface area contributed by atoms with Crippen LogP contribution >= 0.6 is 11.6 Å². The Morgan fingerprint density at radius 1 is 0.966 bits per heavy atom. The van der Waals surface area contributed by atoms with Crippen LogP contribution in [0.2, 0.25) is 0 Å². The molecule has 8 heteroatoms. The van der Waals surface area contributed by atoms with E-state index in [1.165, 1.54) is 11.0 Å². The summed E-state index contributed by atoms with van der Waals surface area (Å²) in [5.41, 5.74) is 2.66. The summed E-state index contributed by atoms with van der Waals surface area (Å²) < 4.78 is 0. The van der Waals surface area contributed by atoms with Gasteiger partial charge in [0.05, 0.1) is 17.8 Å². The first-order valence-electron chi connectivity index (χ1n) is 9.17. The van der Waals surface area contributed by atoms with Crippen LogP contribution in [0.25, 0.3) is 0 Å². The average molecular weight is 414 g/mol. The molecule has 0 radical (unpaired) electrons. The van der Waals surface area contributed by atoms with E-state index >= 15 is 0 Å². The van der Waals surface area contributed by atoms with E-state index in [1.807, 2.05) is 6.92 Å². The van der Waals surface area contributed by atoms with Gasteiger partial charge in [-0.25, -0.2) is 0 Å². The van der Waals surface area contributed by atoms with Crippen molar-refractivity contribution in [1.29, 1.82) is 0 Å². The normalized spacial score (nSPS) is 12.7. The van der Waals surface area contributed by atoms with Crippen molar-refractivity contribution in [2.45, 2.75) is 26.3 Å². The molecule has 2 aromatic rings. The highest BCUT2D eigenvalue weighted by Gasteiger charge is 2.36. The van der Waals surface area contributed by atoms with Gasteiger partial charge in [-0.05, 0) is 42.3 Å². The molecule has 1 heterocycles. The number of Topliss-reactive ketones (excluding diaryl/α,β-unsaturated/α-hetero) is 1. The first-order valence-corrected chi connectivity index (χ1v) is 9.71. The highest BCUT2D eigenvalue weighted by atomic mass is 35.5. The Morgan fingerprint density at radius 3 is 2.28 bits per heavy atom. The van der Waals surface area contributed by atoms with E-state index in [0.717, 1.165) is 12.0 Å². The van der Waals surface area contributed by atoms with Gasteiger partial charge in [0.25, 0.3) is 11.7 Å². The number of nitrogens with one attached hydrogen (secondary N) is 2. The molecule has 2 aromatic carbocycles. The van der Waals surface area contributed by atoms with Crippen molar-refractivity contribution < 1.29 is 19.2 Å². The Balaban J connectivity index is 1.77. The van der Waals surface area contributed by atoms with Gasteiger partial charge >= 0.3 is 0 Å². The van der Waals surface area contributed by atoms with Crippen molar-refractivity contribution in [2.75, 3.05) is 21.4 Å². The molecular formula is C21H20ClN3O4. The summed E-state index contributed by atoms with van der Waals surface area (Å²) in [5, 5.41) is 5.37. The highest BCUT2D eigenvalue weighted by molar-refractivity contribution is 6.52. The molecule has 2 N–H and O–H groups in total. The lowest BCUT2D eigenvalue weighted by molar-refractivity contribution is -0.116. The van der Waals surface area contributed by atoms with Gasteiger partial charge in [-0.15, -0.1) is 11.6 Å². The molecule has 0 unspecified atom stereocenters. The van der Waals surface area contributed by atoms with Gasteiger partial charge in [0, 0.05) is 17.8 Å². The van der Waals surface area contributed by atoms with Gasteiger partial charge in [0.1, 0.15) is 5.88 Å². The molecule has 0 spiro atoms. The molecule has 0 aliphatic carbocycles. The Labute approximate surface area is 173 Å². The maximum absolute atomic E-state index is 12.5. The zero-order valence-corrected chi connectivity index (χ0v) is 16.6. The molecule has 1 aliphatic heterocycles. The molecule has 29 heavy (non-hydrogen) atoms. The van der Waals surface area contributed by atoms with E-state index < -0.39 is 11.7 Å². The second-order valence-corrected chi connectivity index (χ2v) is 6.90. The van der Waals surface area contributed by atoms with E-state index in [1.54, 1.807) is 36.4 Å². The largest absolute Gasteiger partial charge is 0.326 e. The number of halogens is 1. The summed E-state index contributed by atoms with van der Waals surface area (Å²) in [7, 11) is 0. The van der Waals surface area contributed by atoms with Gasteiger partial charge in [0.15, 0.2) is 0 Å². The third-order valence-corrected chi connectivity index (χ3v) is 4.67. The van der Waals surface area contributed by atoms with E-state index in [0.29, 0.717) is 23.5 Å². The predicted molar refractivity (Wildman–Crippen MR) is 111 cm³/mol. The molecule has 0 saturated heterocycles. The van der Waals surface area contributed by atoms with Crippen LogP contribution in [-0.4, -0.2) is 29.4 Å². The lowest BCUT2D eigenvalue weighted by Crippen LogP contribution is -2.29. The molecule has 3 rings (SSSR count). The van der Waals surface area contributed by atoms with Crippen molar-refractivity contribution >= 4 is 52.2 Å². The SMILES string of the molecule is CCCC(=O)Nc1ccc2c(c1)C(=O)C(=O)N2Cc1ccc(NC(=O)CCl)cc1. The maximum Gasteiger partial charge on any atom is 0.299 e. The fourth-order valence-corrected chi connectivity index (χ4v) is 3.12. The van der Waals surface area contributed by atoms with Crippen LogP contribution in [0.1, 0.15) is 35.7 Å². The van der Waals surface area contributed by atoms with Crippen molar-refractivity contribution in [3.63, 3.8) is 0 Å². The summed E-state index contributed by atoms with van der Waals surface area (Å²) in [5.74, 6) is -1.80. The fourth-order valence-electron chi connectivity index (χ4n) is 3.06. The highest BCUT2D eigenvalue weighted by Crippen LogP contribution is 2.32. The summed E-state index contributed by atoms with van der Waals surface area (Å²) in [6.07, 6.45) is 1.10. The smallest absolute Gasteiger partial charge is 0.299 e. The summed E-state index contributed by atoms with van der Waals surface area (Å²) in [6, 6.07) is 11.8. The Bertz CT molecular complexity index is 972. The number of anilines is 3. The van der Waals surface area contributed by atoms with Gasteiger partial charge in [-0.3, -0.25) is 19.2 Å². The minimum Gasteiger partial charge on any atom is -0.326 e. The number of alkyl halides is 1. The molecule has 7 nitrogen and oxygen atoms in total. The van der Waals surface area contributed by atoms with Crippen LogP contribution < -0.4 is 15.5 Å². The van der Waals surface area contributed by atoms with Gasteiger partial charge in [-0.2, -0.15) is 0 Å². The molecule has 0 fully saturated rings. The van der Waals surface area contributed by atoms with Crippen molar-refractivity contribution in [3.05, 3.63) is 53.6 Å². The molecular weight excluding hydrogens is 394 g/mol.